The fourth-order valence-electron chi connectivity index (χ4n) is 1.57. The van der Waals surface area contributed by atoms with Crippen LogP contribution in [0.25, 0.3) is 0 Å². The molecule has 7 heteroatoms. The first-order valence-electron chi connectivity index (χ1n) is 5.48. The molecule has 1 aromatic carbocycles. The Bertz CT molecular complexity index is 485. The van der Waals surface area contributed by atoms with E-state index in [0.717, 1.165) is 5.56 Å². The highest BCUT2D eigenvalue weighted by atomic mass is 16.4. The lowest BCUT2D eigenvalue weighted by Crippen LogP contribution is -2.38. The van der Waals surface area contributed by atoms with Gasteiger partial charge in [0.05, 0.1) is 6.54 Å². The molecule has 0 aliphatic heterocycles. The van der Waals surface area contributed by atoms with Crippen LogP contribution in [0.4, 0.5) is 0 Å². The summed E-state index contributed by atoms with van der Waals surface area (Å²) in [6.45, 7) is 0.264. The number of carbonyl (C=O) groups is 1. The maximum absolute atomic E-state index is 11.1. The lowest BCUT2D eigenvalue weighted by molar-refractivity contribution is -0.139. The van der Waals surface area contributed by atoms with E-state index in [-0.39, 0.29) is 6.54 Å². The van der Waals surface area contributed by atoms with Gasteiger partial charge < -0.3 is 5.11 Å². The van der Waals surface area contributed by atoms with Crippen molar-refractivity contribution in [1.82, 2.24) is 25.9 Å². The van der Waals surface area contributed by atoms with Crippen LogP contribution in [-0.4, -0.2) is 37.7 Å². The number of tetrazole rings is 1. The second-order valence-electron chi connectivity index (χ2n) is 3.79. The highest BCUT2D eigenvalue weighted by Gasteiger charge is 2.17. The maximum Gasteiger partial charge on any atom is 0.321 e. The lowest BCUT2D eigenvalue weighted by Gasteiger charge is -2.13. The van der Waals surface area contributed by atoms with Crippen LogP contribution in [0.2, 0.25) is 0 Å². The summed E-state index contributed by atoms with van der Waals surface area (Å²) in [5.41, 5.74) is 0.963. The van der Waals surface area contributed by atoms with Crippen LogP contribution >= 0.6 is 0 Å². The van der Waals surface area contributed by atoms with E-state index in [4.69, 9.17) is 5.11 Å². The van der Waals surface area contributed by atoms with Gasteiger partial charge in [-0.25, -0.2) is 0 Å². The van der Waals surface area contributed by atoms with Gasteiger partial charge >= 0.3 is 5.97 Å². The molecule has 1 heterocycles. The summed E-state index contributed by atoms with van der Waals surface area (Å²) in [5.74, 6) is -0.461. The summed E-state index contributed by atoms with van der Waals surface area (Å²) in [5, 5.41) is 25.2. The number of aromatic amines is 1. The molecule has 0 unspecified atom stereocenters. The first-order chi connectivity index (χ1) is 8.75. The van der Waals surface area contributed by atoms with Crippen LogP contribution < -0.4 is 5.32 Å². The first-order valence-corrected chi connectivity index (χ1v) is 5.48. The Morgan fingerprint density at radius 1 is 1.39 bits per heavy atom. The topological polar surface area (TPSA) is 104 Å². The second kappa shape index (κ2) is 5.87. The van der Waals surface area contributed by atoms with Crippen LogP contribution in [0.5, 0.6) is 0 Å². The number of benzene rings is 1. The molecule has 0 saturated heterocycles. The Labute approximate surface area is 103 Å². The molecule has 94 valence electrons. The molecule has 3 N–H and O–H groups in total. The Morgan fingerprint density at radius 3 is 2.78 bits per heavy atom. The van der Waals surface area contributed by atoms with Crippen LogP contribution in [0.15, 0.2) is 30.3 Å². The molecule has 2 aromatic rings. The monoisotopic (exact) mass is 247 g/mol. The molecule has 2 rings (SSSR count). The van der Waals surface area contributed by atoms with Crippen molar-refractivity contribution in [2.45, 2.75) is 19.0 Å². The fourth-order valence-corrected chi connectivity index (χ4v) is 1.57. The number of nitrogens with one attached hydrogen (secondary N) is 2. The van der Waals surface area contributed by atoms with E-state index >= 15 is 0 Å². The van der Waals surface area contributed by atoms with Crippen molar-refractivity contribution < 1.29 is 9.90 Å². The van der Waals surface area contributed by atoms with E-state index < -0.39 is 12.0 Å². The van der Waals surface area contributed by atoms with E-state index in [2.05, 4.69) is 25.9 Å². The third-order valence-electron chi connectivity index (χ3n) is 2.48. The number of hydrogen-bond acceptors (Lipinski definition) is 5. The van der Waals surface area contributed by atoms with Gasteiger partial charge in [0.15, 0.2) is 5.82 Å². The number of rotatable bonds is 6. The van der Waals surface area contributed by atoms with Gasteiger partial charge in [0.25, 0.3) is 0 Å². The van der Waals surface area contributed by atoms with E-state index in [9.17, 15) is 4.79 Å². The average molecular weight is 247 g/mol. The van der Waals surface area contributed by atoms with Gasteiger partial charge in [0.1, 0.15) is 6.04 Å². The fraction of sp³-hybridized carbons (Fsp3) is 0.273. The maximum atomic E-state index is 11.1. The lowest BCUT2D eigenvalue weighted by atomic mass is 10.1. The zero-order chi connectivity index (χ0) is 12.8. The standard InChI is InChI=1S/C11H13N5O2/c17-11(18)9(6-8-4-2-1-3-5-8)12-7-10-13-15-16-14-10/h1-5,9,12H,6-7H2,(H,17,18)(H,13,14,15,16)/t9-/m0/s1. The zero-order valence-electron chi connectivity index (χ0n) is 9.58. The summed E-state index contributed by atoms with van der Waals surface area (Å²) in [6.07, 6.45) is 0.411. The van der Waals surface area contributed by atoms with Gasteiger partial charge in [-0.3, -0.25) is 10.1 Å². The highest BCUT2D eigenvalue weighted by Crippen LogP contribution is 2.03. The van der Waals surface area contributed by atoms with Gasteiger partial charge in [-0.2, -0.15) is 5.21 Å². The normalized spacial score (nSPS) is 12.2. The highest BCUT2D eigenvalue weighted by molar-refractivity contribution is 5.73. The molecule has 7 nitrogen and oxygen atoms in total. The van der Waals surface area contributed by atoms with Crippen LogP contribution in [0.1, 0.15) is 11.4 Å². The van der Waals surface area contributed by atoms with E-state index in [1.807, 2.05) is 30.3 Å². The van der Waals surface area contributed by atoms with Gasteiger partial charge in [-0.05, 0) is 12.0 Å². The average Bonchev–Trinajstić information content (AvgIpc) is 2.88. The molecule has 0 spiro atoms. The number of hydrogen-bond donors (Lipinski definition) is 3. The van der Waals surface area contributed by atoms with Gasteiger partial charge in [0.2, 0.25) is 0 Å². The van der Waals surface area contributed by atoms with Crippen molar-refractivity contribution in [3.63, 3.8) is 0 Å². The van der Waals surface area contributed by atoms with Crippen molar-refractivity contribution >= 4 is 5.97 Å². The molecule has 0 bridgehead atoms. The third kappa shape index (κ3) is 3.36. The Kier molecular flexibility index (Phi) is 3.98. The van der Waals surface area contributed by atoms with Crippen molar-refractivity contribution in [1.29, 1.82) is 0 Å². The zero-order valence-corrected chi connectivity index (χ0v) is 9.58. The van der Waals surface area contributed by atoms with Gasteiger partial charge in [-0.15, -0.1) is 10.2 Å². The molecule has 0 amide bonds. The smallest absolute Gasteiger partial charge is 0.321 e. The molecule has 0 aliphatic carbocycles. The van der Waals surface area contributed by atoms with E-state index in [0.29, 0.717) is 12.2 Å². The number of carboxylic acid groups (broad SMARTS) is 1. The van der Waals surface area contributed by atoms with Crippen molar-refractivity contribution in [2.75, 3.05) is 0 Å². The minimum atomic E-state index is -0.901. The minimum absolute atomic E-state index is 0.264. The second-order valence-corrected chi connectivity index (χ2v) is 3.79. The van der Waals surface area contributed by atoms with Crippen LogP contribution in [0.3, 0.4) is 0 Å². The molecule has 18 heavy (non-hydrogen) atoms. The summed E-state index contributed by atoms with van der Waals surface area (Å²) in [4.78, 5) is 11.1. The van der Waals surface area contributed by atoms with E-state index in [1.54, 1.807) is 0 Å². The molecule has 0 radical (unpaired) electrons. The number of carboxylic acids is 1. The largest absolute Gasteiger partial charge is 0.480 e. The number of aliphatic carboxylic acids is 1. The van der Waals surface area contributed by atoms with Crippen molar-refractivity contribution in [3.05, 3.63) is 41.7 Å². The van der Waals surface area contributed by atoms with Gasteiger partial charge in [0, 0.05) is 0 Å². The molecule has 0 aliphatic rings. The first kappa shape index (κ1) is 12.2. The van der Waals surface area contributed by atoms with Crippen LogP contribution in [0, 0.1) is 0 Å². The molecule has 0 fully saturated rings. The number of aromatic nitrogens is 4. The summed E-state index contributed by atoms with van der Waals surface area (Å²) in [6, 6.07) is 8.77. The predicted octanol–water partition coefficient (Wildman–Crippen LogP) is -0.0148. The SMILES string of the molecule is O=C(O)[C@H](Cc1ccccc1)NCc1nn[nH]n1. The summed E-state index contributed by atoms with van der Waals surface area (Å²) in [7, 11) is 0. The molecular formula is C11H13N5O2. The number of H-pyrrole nitrogens is 1. The van der Waals surface area contributed by atoms with Crippen molar-refractivity contribution in [2.24, 2.45) is 0 Å². The summed E-state index contributed by atoms with van der Waals surface area (Å²) >= 11 is 0. The Morgan fingerprint density at radius 2 is 2.17 bits per heavy atom. The van der Waals surface area contributed by atoms with Crippen LogP contribution in [-0.2, 0) is 17.8 Å². The van der Waals surface area contributed by atoms with E-state index in [1.165, 1.54) is 0 Å². The van der Waals surface area contributed by atoms with Gasteiger partial charge in [-0.1, -0.05) is 35.5 Å². The quantitative estimate of drug-likeness (QED) is 0.663. The Balaban J connectivity index is 1.94. The van der Waals surface area contributed by atoms with Crippen molar-refractivity contribution in [3.8, 4) is 0 Å². The molecular weight excluding hydrogens is 234 g/mol. The predicted molar refractivity (Wildman–Crippen MR) is 62.6 cm³/mol. The molecule has 0 saturated carbocycles. The Hall–Kier alpha value is -2.28. The molecule has 1 atom stereocenters. The minimum Gasteiger partial charge on any atom is -0.480 e. The molecule has 1 aromatic heterocycles. The third-order valence-corrected chi connectivity index (χ3v) is 2.48. The number of nitrogens with zero attached hydrogens (tertiary/aromatic N) is 3. The summed E-state index contributed by atoms with van der Waals surface area (Å²) < 4.78 is 0.